The Morgan fingerprint density at radius 3 is 2.46 bits per heavy atom. The minimum atomic E-state index is -0.472. The summed E-state index contributed by atoms with van der Waals surface area (Å²) in [6, 6.07) is 20.3. The first-order valence-corrected chi connectivity index (χ1v) is 12.3. The topological polar surface area (TPSA) is 66.7 Å². The van der Waals surface area contributed by atoms with Crippen molar-refractivity contribution in [3.05, 3.63) is 104 Å². The molecule has 8 heteroatoms. The van der Waals surface area contributed by atoms with Gasteiger partial charge in [-0.1, -0.05) is 65.7 Å². The van der Waals surface area contributed by atoms with Crippen molar-refractivity contribution in [2.75, 3.05) is 25.0 Å². The Kier molecular flexibility index (Phi) is 7.93. The molecule has 0 unspecified atom stereocenters. The van der Waals surface area contributed by atoms with Crippen molar-refractivity contribution in [3.63, 3.8) is 0 Å². The summed E-state index contributed by atoms with van der Waals surface area (Å²) in [7, 11) is 1.66. The predicted octanol–water partition coefficient (Wildman–Crippen LogP) is 6.63. The second-order valence-corrected chi connectivity index (χ2v) is 9.74. The lowest BCUT2D eigenvalue weighted by atomic mass is 9.89. The van der Waals surface area contributed by atoms with Crippen LogP contribution in [-0.4, -0.2) is 35.9 Å². The number of carbonyl (C=O) groups excluding carboxylic acids is 1. The lowest BCUT2D eigenvalue weighted by molar-refractivity contribution is -0.384. The molecule has 1 heterocycles. The highest BCUT2D eigenvalue weighted by Gasteiger charge is 2.26. The second-order valence-electron chi connectivity index (χ2n) is 8.95. The van der Waals surface area contributed by atoms with Crippen LogP contribution >= 0.6 is 23.2 Å². The Morgan fingerprint density at radius 1 is 1.06 bits per heavy atom. The van der Waals surface area contributed by atoms with Gasteiger partial charge in [0.1, 0.15) is 0 Å². The first-order chi connectivity index (χ1) is 16.8. The summed E-state index contributed by atoms with van der Waals surface area (Å²) in [4.78, 5) is 28.2. The molecule has 1 fully saturated rings. The lowest BCUT2D eigenvalue weighted by Crippen LogP contribution is -2.36. The standard InChI is InChI=1S/C27H27Cl2N3O3/c1-30(18-21-8-5-9-24(28)26(21)29)27(33)23-17-22(32(34)35)10-11-25(23)31-14-12-20(13-15-31)16-19-6-3-2-4-7-19/h2-11,17,20H,12-16,18H2,1H3. The van der Waals surface area contributed by atoms with Crippen LogP contribution in [0.3, 0.4) is 0 Å². The molecular formula is C27H27Cl2N3O3. The Hall–Kier alpha value is -3.09. The molecule has 1 aliphatic rings. The summed E-state index contributed by atoms with van der Waals surface area (Å²) < 4.78 is 0. The maximum Gasteiger partial charge on any atom is 0.270 e. The van der Waals surface area contributed by atoms with E-state index >= 15 is 0 Å². The van der Waals surface area contributed by atoms with Crippen molar-refractivity contribution in [1.29, 1.82) is 0 Å². The van der Waals surface area contributed by atoms with Crippen LogP contribution in [0.2, 0.25) is 10.0 Å². The molecule has 0 aliphatic carbocycles. The number of nitro groups is 1. The van der Waals surface area contributed by atoms with Crippen LogP contribution in [0.1, 0.15) is 34.3 Å². The monoisotopic (exact) mass is 511 g/mol. The van der Waals surface area contributed by atoms with E-state index in [-0.39, 0.29) is 18.1 Å². The van der Waals surface area contributed by atoms with Crippen molar-refractivity contribution in [1.82, 2.24) is 4.90 Å². The van der Waals surface area contributed by atoms with Gasteiger partial charge < -0.3 is 9.80 Å². The number of hydrogen-bond donors (Lipinski definition) is 0. The van der Waals surface area contributed by atoms with Gasteiger partial charge in [0.05, 0.1) is 26.2 Å². The van der Waals surface area contributed by atoms with E-state index in [1.807, 2.05) is 12.1 Å². The molecule has 1 amide bonds. The van der Waals surface area contributed by atoms with Crippen LogP contribution in [0, 0.1) is 16.0 Å². The van der Waals surface area contributed by atoms with Gasteiger partial charge in [0, 0.05) is 38.8 Å². The third-order valence-electron chi connectivity index (χ3n) is 6.53. The zero-order valence-corrected chi connectivity index (χ0v) is 21.0. The number of carbonyl (C=O) groups is 1. The molecule has 3 aromatic carbocycles. The average Bonchev–Trinajstić information content (AvgIpc) is 2.87. The highest BCUT2D eigenvalue weighted by Crippen LogP contribution is 2.32. The molecule has 0 bridgehead atoms. The SMILES string of the molecule is CN(Cc1cccc(Cl)c1Cl)C(=O)c1cc([N+](=O)[O-])ccc1N1CCC(Cc2ccccc2)CC1. The largest absolute Gasteiger partial charge is 0.371 e. The lowest BCUT2D eigenvalue weighted by Gasteiger charge is -2.35. The highest BCUT2D eigenvalue weighted by molar-refractivity contribution is 6.42. The smallest absolute Gasteiger partial charge is 0.270 e. The Morgan fingerprint density at radius 2 is 1.77 bits per heavy atom. The summed E-state index contributed by atoms with van der Waals surface area (Å²) in [5.41, 5.74) is 2.98. The fourth-order valence-corrected chi connectivity index (χ4v) is 4.99. The Balaban J connectivity index is 1.53. The minimum absolute atomic E-state index is 0.106. The van der Waals surface area contributed by atoms with Crippen LogP contribution < -0.4 is 4.90 Å². The number of hydrogen-bond acceptors (Lipinski definition) is 4. The third kappa shape index (κ3) is 5.95. The van der Waals surface area contributed by atoms with Gasteiger partial charge in [0.15, 0.2) is 0 Å². The molecular weight excluding hydrogens is 485 g/mol. The number of nitro benzene ring substituents is 1. The van der Waals surface area contributed by atoms with Crippen molar-refractivity contribution >= 4 is 40.5 Å². The van der Waals surface area contributed by atoms with Crippen LogP contribution in [-0.2, 0) is 13.0 Å². The summed E-state index contributed by atoms with van der Waals surface area (Å²) in [6.45, 7) is 1.82. The zero-order chi connectivity index (χ0) is 24.9. The summed E-state index contributed by atoms with van der Waals surface area (Å²) in [5, 5.41) is 12.3. The van der Waals surface area contributed by atoms with Gasteiger partial charge in [0.2, 0.25) is 0 Å². The van der Waals surface area contributed by atoms with Crippen molar-refractivity contribution in [2.24, 2.45) is 5.92 Å². The molecule has 0 radical (unpaired) electrons. The Bertz CT molecular complexity index is 1210. The van der Waals surface area contributed by atoms with Gasteiger partial charge in [-0.2, -0.15) is 0 Å². The number of benzene rings is 3. The molecule has 35 heavy (non-hydrogen) atoms. The van der Waals surface area contributed by atoms with E-state index in [9.17, 15) is 14.9 Å². The molecule has 1 saturated heterocycles. The second kappa shape index (κ2) is 11.1. The molecule has 182 valence electrons. The molecule has 0 spiro atoms. The number of amides is 1. The first kappa shape index (κ1) is 25.0. The van der Waals surface area contributed by atoms with E-state index in [2.05, 4.69) is 29.2 Å². The number of rotatable bonds is 7. The van der Waals surface area contributed by atoms with E-state index in [0.717, 1.165) is 38.0 Å². The Labute approximate surface area is 215 Å². The minimum Gasteiger partial charge on any atom is -0.371 e. The normalized spacial score (nSPS) is 14.1. The van der Waals surface area contributed by atoms with Crippen LogP contribution in [0.5, 0.6) is 0 Å². The molecule has 0 atom stereocenters. The van der Waals surface area contributed by atoms with Gasteiger partial charge in [-0.15, -0.1) is 0 Å². The summed E-state index contributed by atoms with van der Waals surface area (Å²) in [6.07, 6.45) is 3.02. The summed E-state index contributed by atoms with van der Waals surface area (Å²) >= 11 is 12.4. The van der Waals surface area contributed by atoms with Crippen LogP contribution in [0.4, 0.5) is 11.4 Å². The number of piperidine rings is 1. The fourth-order valence-electron chi connectivity index (χ4n) is 4.61. The molecule has 4 rings (SSSR count). The van der Waals surface area contributed by atoms with Gasteiger partial charge in [-0.3, -0.25) is 14.9 Å². The van der Waals surface area contributed by atoms with Crippen LogP contribution in [0.15, 0.2) is 66.7 Å². The predicted molar refractivity (Wildman–Crippen MR) is 140 cm³/mol. The third-order valence-corrected chi connectivity index (χ3v) is 7.39. The van der Waals surface area contributed by atoms with Crippen molar-refractivity contribution in [2.45, 2.75) is 25.8 Å². The van der Waals surface area contributed by atoms with Gasteiger partial charge in [-0.05, 0) is 48.4 Å². The first-order valence-electron chi connectivity index (χ1n) is 11.6. The molecule has 1 aliphatic heterocycles. The summed E-state index contributed by atoms with van der Waals surface area (Å²) in [5.74, 6) is 0.268. The molecule has 0 aromatic heterocycles. The average molecular weight is 512 g/mol. The number of halogens is 2. The van der Waals surface area contributed by atoms with E-state index in [0.29, 0.717) is 27.1 Å². The van der Waals surface area contributed by atoms with E-state index in [1.165, 1.54) is 22.6 Å². The van der Waals surface area contributed by atoms with E-state index in [1.54, 1.807) is 25.2 Å². The van der Waals surface area contributed by atoms with Gasteiger partial charge in [0.25, 0.3) is 11.6 Å². The van der Waals surface area contributed by atoms with Crippen LogP contribution in [0.25, 0.3) is 0 Å². The maximum atomic E-state index is 13.5. The number of nitrogens with zero attached hydrogens (tertiary/aromatic N) is 3. The van der Waals surface area contributed by atoms with Gasteiger partial charge >= 0.3 is 0 Å². The zero-order valence-electron chi connectivity index (χ0n) is 19.5. The molecule has 0 saturated carbocycles. The fraction of sp³-hybridized carbons (Fsp3) is 0.296. The van der Waals surface area contributed by atoms with Crippen molar-refractivity contribution in [3.8, 4) is 0 Å². The highest BCUT2D eigenvalue weighted by atomic mass is 35.5. The number of non-ortho nitro benzene ring substituents is 1. The van der Waals surface area contributed by atoms with E-state index in [4.69, 9.17) is 23.2 Å². The molecule has 6 nitrogen and oxygen atoms in total. The van der Waals surface area contributed by atoms with Crippen molar-refractivity contribution < 1.29 is 9.72 Å². The van der Waals surface area contributed by atoms with E-state index < -0.39 is 4.92 Å². The molecule has 0 N–H and O–H groups in total. The van der Waals surface area contributed by atoms with Gasteiger partial charge in [-0.25, -0.2) is 0 Å². The number of anilines is 1. The maximum absolute atomic E-state index is 13.5. The quantitative estimate of drug-likeness (QED) is 0.263. The molecule has 3 aromatic rings.